The molecule has 0 saturated carbocycles. The first-order chi connectivity index (χ1) is 7.09. The molecule has 2 aromatic rings. The van der Waals surface area contributed by atoms with Crippen LogP contribution in [0, 0.1) is 0 Å². The van der Waals surface area contributed by atoms with Crippen LogP contribution < -0.4 is 5.56 Å². The predicted molar refractivity (Wildman–Crippen MR) is 67.0 cm³/mol. The first kappa shape index (κ1) is 10.2. The van der Waals surface area contributed by atoms with E-state index in [2.05, 4.69) is 27.5 Å². The molecule has 76 valence electrons. The van der Waals surface area contributed by atoms with E-state index in [1.165, 1.54) is 0 Å². The molecular weight excluding hydrogens is 254 g/mol. The fourth-order valence-corrected chi connectivity index (χ4v) is 1.94. The molecule has 1 aromatic heterocycles. The van der Waals surface area contributed by atoms with Gasteiger partial charge in [-0.05, 0) is 36.1 Å². The van der Waals surface area contributed by atoms with E-state index in [0.717, 1.165) is 21.0 Å². The summed E-state index contributed by atoms with van der Waals surface area (Å²) in [7, 11) is 0. The molecule has 1 heterocycles. The summed E-state index contributed by atoms with van der Waals surface area (Å²) in [5, 5.41) is 1.62. The molecule has 1 N–H and O–H groups in total. The fourth-order valence-electron chi connectivity index (χ4n) is 1.58. The van der Waals surface area contributed by atoms with Crippen LogP contribution in [0.3, 0.4) is 0 Å². The second-order valence-corrected chi connectivity index (χ2v) is 4.42. The summed E-state index contributed by atoms with van der Waals surface area (Å²) < 4.78 is 0.961. The largest absolute Gasteiger partial charge is 0.328 e. The molecule has 0 aliphatic carbocycles. The number of hydrogen-bond acceptors (Lipinski definition) is 1. The molecule has 0 bridgehead atoms. The Morgan fingerprint density at radius 3 is 2.80 bits per heavy atom. The van der Waals surface area contributed by atoms with Gasteiger partial charge >= 0.3 is 0 Å². The fraction of sp³-hybridized carbons (Fsp3) is 0.0833. The van der Waals surface area contributed by atoms with Crippen molar-refractivity contribution in [3.05, 3.63) is 51.4 Å². The SMILES string of the molecule is C=C(C)c1c[nH]c(=O)c2ccc(Br)cc12. The molecule has 0 fully saturated rings. The molecule has 0 saturated heterocycles. The van der Waals surface area contributed by atoms with E-state index >= 15 is 0 Å². The lowest BCUT2D eigenvalue weighted by Crippen LogP contribution is -2.06. The number of nitrogens with one attached hydrogen (secondary N) is 1. The lowest BCUT2D eigenvalue weighted by molar-refractivity contribution is 1.26. The van der Waals surface area contributed by atoms with E-state index in [0.29, 0.717) is 5.39 Å². The Bertz CT molecular complexity index is 598. The molecule has 0 atom stereocenters. The number of H-pyrrole nitrogens is 1. The van der Waals surface area contributed by atoms with Crippen LogP contribution in [-0.2, 0) is 0 Å². The van der Waals surface area contributed by atoms with Gasteiger partial charge in [0.15, 0.2) is 0 Å². The van der Waals surface area contributed by atoms with Crippen LogP contribution in [0.1, 0.15) is 12.5 Å². The maximum absolute atomic E-state index is 11.6. The number of benzene rings is 1. The summed E-state index contributed by atoms with van der Waals surface area (Å²) in [6.45, 7) is 5.82. The highest BCUT2D eigenvalue weighted by Gasteiger charge is 2.05. The van der Waals surface area contributed by atoms with E-state index < -0.39 is 0 Å². The van der Waals surface area contributed by atoms with Crippen LogP contribution in [0.2, 0.25) is 0 Å². The summed E-state index contributed by atoms with van der Waals surface area (Å²) in [6, 6.07) is 5.61. The van der Waals surface area contributed by atoms with Gasteiger partial charge in [-0.15, -0.1) is 0 Å². The molecule has 1 aromatic carbocycles. The van der Waals surface area contributed by atoms with Crippen molar-refractivity contribution in [1.29, 1.82) is 0 Å². The number of halogens is 1. The second kappa shape index (κ2) is 3.66. The Kier molecular flexibility index (Phi) is 2.49. The van der Waals surface area contributed by atoms with Gasteiger partial charge in [0.2, 0.25) is 0 Å². The molecule has 0 spiro atoms. The number of pyridine rings is 1. The zero-order valence-corrected chi connectivity index (χ0v) is 9.89. The third kappa shape index (κ3) is 1.75. The van der Waals surface area contributed by atoms with Crippen molar-refractivity contribution in [2.75, 3.05) is 0 Å². The number of allylic oxidation sites excluding steroid dienone is 1. The monoisotopic (exact) mass is 263 g/mol. The number of hydrogen-bond donors (Lipinski definition) is 1. The van der Waals surface area contributed by atoms with Crippen LogP contribution in [0.4, 0.5) is 0 Å². The number of aromatic amines is 1. The Hall–Kier alpha value is -1.35. The minimum Gasteiger partial charge on any atom is -0.328 e. The summed E-state index contributed by atoms with van der Waals surface area (Å²) in [4.78, 5) is 14.3. The van der Waals surface area contributed by atoms with Crippen LogP contribution >= 0.6 is 15.9 Å². The van der Waals surface area contributed by atoms with Crippen molar-refractivity contribution in [1.82, 2.24) is 4.98 Å². The van der Waals surface area contributed by atoms with Crippen LogP contribution in [0.25, 0.3) is 16.3 Å². The molecule has 15 heavy (non-hydrogen) atoms. The molecule has 0 unspecified atom stereocenters. The number of aromatic nitrogens is 1. The van der Waals surface area contributed by atoms with Gasteiger partial charge in [0.25, 0.3) is 5.56 Å². The smallest absolute Gasteiger partial charge is 0.255 e. The van der Waals surface area contributed by atoms with Gasteiger partial charge in [-0.2, -0.15) is 0 Å². The average molecular weight is 264 g/mol. The summed E-state index contributed by atoms with van der Waals surface area (Å²) >= 11 is 3.40. The van der Waals surface area contributed by atoms with Crippen molar-refractivity contribution < 1.29 is 0 Å². The van der Waals surface area contributed by atoms with Crippen LogP contribution in [-0.4, -0.2) is 4.98 Å². The summed E-state index contributed by atoms with van der Waals surface area (Å²) in [5.41, 5.74) is 1.85. The number of rotatable bonds is 1. The topological polar surface area (TPSA) is 32.9 Å². The molecule has 0 aliphatic heterocycles. The summed E-state index contributed by atoms with van der Waals surface area (Å²) in [6.07, 6.45) is 1.71. The van der Waals surface area contributed by atoms with E-state index in [9.17, 15) is 4.79 Å². The third-order valence-electron chi connectivity index (χ3n) is 2.32. The minimum absolute atomic E-state index is 0.0671. The van der Waals surface area contributed by atoms with Crippen molar-refractivity contribution in [2.24, 2.45) is 0 Å². The first-order valence-electron chi connectivity index (χ1n) is 4.56. The molecule has 0 radical (unpaired) electrons. The van der Waals surface area contributed by atoms with Crippen molar-refractivity contribution in [3.63, 3.8) is 0 Å². The van der Waals surface area contributed by atoms with Gasteiger partial charge in [0, 0.05) is 21.6 Å². The molecule has 3 heteroatoms. The zero-order valence-electron chi connectivity index (χ0n) is 8.30. The van der Waals surface area contributed by atoms with E-state index in [1.807, 2.05) is 25.1 Å². The molecular formula is C12H10BrNO. The Morgan fingerprint density at radius 1 is 1.40 bits per heavy atom. The summed E-state index contributed by atoms with van der Waals surface area (Å²) in [5.74, 6) is 0. The highest BCUT2D eigenvalue weighted by Crippen LogP contribution is 2.23. The highest BCUT2D eigenvalue weighted by atomic mass is 79.9. The minimum atomic E-state index is -0.0671. The Labute approximate surface area is 95.8 Å². The first-order valence-corrected chi connectivity index (χ1v) is 5.36. The molecule has 2 nitrogen and oxygen atoms in total. The lowest BCUT2D eigenvalue weighted by atomic mass is 10.0. The zero-order chi connectivity index (χ0) is 11.0. The predicted octanol–water partition coefficient (Wildman–Crippen LogP) is 3.32. The van der Waals surface area contributed by atoms with Gasteiger partial charge in [-0.25, -0.2) is 0 Å². The van der Waals surface area contributed by atoms with Crippen LogP contribution in [0.5, 0.6) is 0 Å². The average Bonchev–Trinajstić information content (AvgIpc) is 2.17. The van der Waals surface area contributed by atoms with Gasteiger partial charge in [0.05, 0.1) is 0 Å². The van der Waals surface area contributed by atoms with Crippen molar-refractivity contribution >= 4 is 32.3 Å². The van der Waals surface area contributed by atoms with Gasteiger partial charge in [0.1, 0.15) is 0 Å². The third-order valence-corrected chi connectivity index (χ3v) is 2.82. The number of fused-ring (bicyclic) bond motifs is 1. The van der Waals surface area contributed by atoms with Crippen molar-refractivity contribution in [2.45, 2.75) is 6.92 Å². The maximum Gasteiger partial charge on any atom is 0.255 e. The molecule has 0 amide bonds. The Morgan fingerprint density at radius 2 is 2.13 bits per heavy atom. The molecule has 0 aliphatic rings. The lowest BCUT2D eigenvalue weighted by Gasteiger charge is -2.05. The highest BCUT2D eigenvalue weighted by molar-refractivity contribution is 9.10. The van der Waals surface area contributed by atoms with Gasteiger partial charge in [-0.1, -0.05) is 22.5 Å². The standard InChI is InChI=1S/C12H10BrNO/c1-7(2)11-6-14-12(15)9-4-3-8(13)5-10(9)11/h3-6H,1H2,2H3,(H,14,15). The van der Waals surface area contributed by atoms with Crippen LogP contribution in [0.15, 0.2) is 40.2 Å². The van der Waals surface area contributed by atoms with Gasteiger partial charge < -0.3 is 4.98 Å². The molecule has 2 rings (SSSR count). The quantitative estimate of drug-likeness (QED) is 0.842. The normalized spacial score (nSPS) is 10.5. The van der Waals surface area contributed by atoms with Crippen molar-refractivity contribution in [3.8, 4) is 0 Å². The van der Waals surface area contributed by atoms with E-state index in [1.54, 1.807) is 6.20 Å². The van der Waals surface area contributed by atoms with E-state index in [-0.39, 0.29) is 5.56 Å². The maximum atomic E-state index is 11.6. The van der Waals surface area contributed by atoms with Gasteiger partial charge in [-0.3, -0.25) is 4.79 Å². The second-order valence-electron chi connectivity index (χ2n) is 3.50. The Balaban J connectivity index is 2.96. The van der Waals surface area contributed by atoms with E-state index in [4.69, 9.17) is 0 Å².